The van der Waals surface area contributed by atoms with Gasteiger partial charge in [-0.15, -0.1) is 0 Å². The van der Waals surface area contributed by atoms with E-state index in [1.54, 1.807) is 12.1 Å². The number of aromatic nitrogens is 1. The summed E-state index contributed by atoms with van der Waals surface area (Å²) in [5.74, 6) is 1.54. The maximum Gasteiger partial charge on any atom is 0.248 e. The molecule has 0 aliphatic carbocycles. The highest BCUT2D eigenvalue weighted by Crippen LogP contribution is 2.29. The summed E-state index contributed by atoms with van der Waals surface area (Å²) < 4.78 is 6.06. The minimum absolute atomic E-state index is 0.0204. The minimum atomic E-state index is -0.781. The predicted octanol–water partition coefficient (Wildman–Crippen LogP) is 5.56. The van der Waals surface area contributed by atoms with Gasteiger partial charge in [0.2, 0.25) is 5.56 Å². The molecule has 1 aromatic heterocycles. The van der Waals surface area contributed by atoms with Gasteiger partial charge in [-0.25, -0.2) is 0 Å². The lowest BCUT2D eigenvalue weighted by Crippen LogP contribution is -2.24. The highest BCUT2D eigenvalue weighted by atomic mass is 16.5. The molecule has 0 unspecified atom stereocenters. The Morgan fingerprint density at radius 3 is 2.41 bits per heavy atom. The van der Waals surface area contributed by atoms with Crippen molar-refractivity contribution in [2.45, 2.75) is 12.5 Å². The van der Waals surface area contributed by atoms with Crippen LogP contribution in [0.2, 0.25) is 0 Å². The van der Waals surface area contributed by atoms with Crippen LogP contribution in [0.5, 0.6) is 17.2 Å². The molecule has 186 valence electrons. The summed E-state index contributed by atoms with van der Waals surface area (Å²) in [5, 5.41) is 24.6. The highest BCUT2D eigenvalue weighted by molar-refractivity contribution is 5.87. The number of ether oxygens (including phenoxy) is 1. The number of fused-ring (bicyclic) bond motifs is 1. The molecule has 5 aromatic rings. The Morgan fingerprint density at radius 2 is 1.59 bits per heavy atom. The number of hydrogen-bond acceptors (Lipinski definition) is 5. The van der Waals surface area contributed by atoms with Gasteiger partial charge in [0.15, 0.2) is 0 Å². The first-order chi connectivity index (χ1) is 18.1. The number of aromatic amines is 1. The first-order valence-electron chi connectivity index (χ1n) is 12.2. The number of pyridine rings is 1. The van der Waals surface area contributed by atoms with Crippen LogP contribution < -0.4 is 15.6 Å². The Labute approximate surface area is 214 Å². The number of hydrogen-bond donors (Lipinski definition) is 4. The summed E-state index contributed by atoms with van der Waals surface area (Å²) in [7, 11) is 0. The average Bonchev–Trinajstić information content (AvgIpc) is 2.93. The lowest BCUT2D eigenvalue weighted by atomic mass is 10.0. The van der Waals surface area contributed by atoms with Crippen LogP contribution in [0.25, 0.3) is 22.0 Å². The van der Waals surface area contributed by atoms with E-state index in [1.807, 2.05) is 60.7 Å². The van der Waals surface area contributed by atoms with Crippen molar-refractivity contribution < 1.29 is 14.9 Å². The molecule has 1 atom stereocenters. The third-order valence-corrected chi connectivity index (χ3v) is 6.29. The molecule has 0 saturated carbocycles. The van der Waals surface area contributed by atoms with Crippen LogP contribution in [-0.2, 0) is 6.42 Å². The molecular formula is C31H28N2O4. The van der Waals surface area contributed by atoms with Crippen LogP contribution in [0.15, 0.2) is 108 Å². The zero-order valence-corrected chi connectivity index (χ0v) is 20.2. The normalized spacial score (nSPS) is 11.9. The summed E-state index contributed by atoms with van der Waals surface area (Å²) in [6.07, 6.45) is 0.0107. The number of H-pyrrole nitrogens is 1. The predicted molar refractivity (Wildman–Crippen MR) is 146 cm³/mol. The number of nitrogens with one attached hydrogen (secondary N) is 2. The Hall–Kier alpha value is -4.39. The molecule has 5 rings (SSSR count). The molecule has 0 saturated heterocycles. The number of phenols is 1. The van der Waals surface area contributed by atoms with E-state index in [1.165, 1.54) is 12.1 Å². The zero-order chi connectivity index (χ0) is 25.6. The lowest BCUT2D eigenvalue weighted by Gasteiger charge is -2.15. The van der Waals surface area contributed by atoms with Gasteiger partial charge < -0.3 is 25.3 Å². The molecular weight excluding hydrogens is 464 g/mol. The quantitative estimate of drug-likeness (QED) is 0.202. The largest absolute Gasteiger partial charge is 0.506 e. The number of benzene rings is 4. The standard InChI is InChI=1S/C31H28N2O4/c34-28-15-13-26(27-14-16-30(36)33-31(27)28)29(35)20-32-18-17-21-9-11-24(12-10-21)37-25-8-4-7-23(19-25)22-5-2-1-3-6-22/h1-16,19,29,32,34-35H,17-18,20H2,(H,33,36)/t29-/m0/s1. The molecule has 0 radical (unpaired) electrons. The van der Waals surface area contributed by atoms with E-state index < -0.39 is 6.10 Å². The Bertz CT molecular complexity index is 1550. The van der Waals surface area contributed by atoms with Gasteiger partial charge in [0.1, 0.15) is 17.2 Å². The molecule has 1 heterocycles. The van der Waals surface area contributed by atoms with Gasteiger partial charge in [0.05, 0.1) is 11.6 Å². The highest BCUT2D eigenvalue weighted by Gasteiger charge is 2.13. The van der Waals surface area contributed by atoms with E-state index in [-0.39, 0.29) is 11.3 Å². The summed E-state index contributed by atoms with van der Waals surface area (Å²) in [6.45, 7) is 1.03. The van der Waals surface area contributed by atoms with Crippen LogP contribution >= 0.6 is 0 Å². The van der Waals surface area contributed by atoms with Crippen LogP contribution in [0.1, 0.15) is 17.2 Å². The number of aliphatic hydroxyl groups is 1. The lowest BCUT2D eigenvalue weighted by molar-refractivity contribution is 0.176. The Morgan fingerprint density at radius 1 is 0.811 bits per heavy atom. The van der Waals surface area contributed by atoms with E-state index in [0.29, 0.717) is 29.6 Å². The second kappa shape index (κ2) is 11.1. The van der Waals surface area contributed by atoms with Gasteiger partial charge in [0, 0.05) is 18.0 Å². The van der Waals surface area contributed by atoms with Crippen LogP contribution in [0.4, 0.5) is 0 Å². The Balaban J connectivity index is 1.14. The van der Waals surface area contributed by atoms with E-state index in [0.717, 1.165) is 34.6 Å². The third-order valence-electron chi connectivity index (χ3n) is 6.29. The number of aliphatic hydroxyl groups excluding tert-OH is 1. The first kappa shape index (κ1) is 24.3. The van der Waals surface area contributed by atoms with Crippen molar-refractivity contribution in [3.05, 3.63) is 125 Å². The van der Waals surface area contributed by atoms with E-state index >= 15 is 0 Å². The minimum Gasteiger partial charge on any atom is -0.506 e. The fraction of sp³-hybridized carbons (Fsp3) is 0.129. The zero-order valence-electron chi connectivity index (χ0n) is 20.2. The number of rotatable bonds is 9. The molecule has 4 aromatic carbocycles. The van der Waals surface area contributed by atoms with Crippen molar-refractivity contribution >= 4 is 10.9 Å². The SMILES string of the molecule is O=c1ccc2c([C@@H](O)CNCCc3ccc(Oc4cccc(-c5ccccc5)c4)cc3)ccc(O)c2[nH]1. The second-order valence-electron chi connectivity index (χ2n) is 8.89. The summed E-state index contributed by atoms with van der Waals surface area (Å²) in [4.78, 5) is 14.2. The van der Waals surface area contributed by atoms with Gasteiger partial charge in [0.25, 0.3) is 0 Å². The van der Waals surface area contributed by atoms with Gasteiger partial charge >= 0.3 is 0 Å². The topological polar surface area (TPSA) is 94.6 Å². The van der Waals surface area contributed by atoms with Crippen molar-refractivity contribution in [1.82, 2.24) is 10.3 Å². The fourth-order valence-electron chi connectivity index (χ4n) is 4.36. The smallest absolute Gasteiger partial charge is 0.248 e. The molecule has 0 aliphatic rings. The molecule has 0 spiro atoms. The molecule has 6 heteroatoms. The monoisotopic (exact) mass is 492 g/mol. The fourth-order valence-corrected chi connectivity index (χ4v) is 4.36. The van der Waals surface area contributed by atoms with Gasteiger partial charge in [-0.05, 0) is 71.6 Å². The molecule has 0 amide bonds. The molecule has 4 N–H and O–H groups in total. The second-order valence-corrected chi connectivity index (χ2v) is 8.89. The van der Waals surface area contributed by atoms with Crippen molar-refractivity contribution in [3.63, 3.8) is 0 Å². The number of phenolic OH excluding ortho intramolecular Hbond substituents is 1. The maximum absolute atomic E-state index is 11.6. The number of aromatic hydroxyl groups is 1. The van der Waals surface area contributed by atoms with E-state index in [2.05, 4.69) is 28.5 Å². The third kappa shape index (κ3) is 5.89. The van der Waals surface area contributed by atoms with Crippen molar-refractivity contribution in [2.24, 2.45) is 0 Å². The summed E-state index contributed by atoms with van der Waals surface area (Å²) in [6, 6.07) is 32.4. The van der Waals surface area contributed by atoms with E-state index in [9.17, 15) is 15.0 Å². The molecule has 6 nitrogen and oxygen atoms in total. The molecule has 0 aliphatic heterocycles. The van der Waals surface area contributed by atoms with Crippen LogP contribution in [-0.4, -0.2) is 28.3 Å². The van der Waals surface area contributed by atoms with Crippen molar-refractivity contribution in [2.75, 3.05) is 13.1 Å². The maximum atomic E-state index is 11.6. The Kier molecular flexibility index (Phi) is 7.31. The van der Waals surface area contributed by atoms with Crippen LogP contribution in [0, 0.1) is 0 Å². The van der Waals surface area contributed by atoms with Crippen molar-refractivity contribution in [3.8, 4) is 28.4 Å². The summed E-state index contributed by atoms with van der Waals surface area (Å²) in [5.41, 5.74) is 4.09. The van der Waals surface area contributed by atoms with Gasteiger partial charge in [-0.1, -0.05) is 60.7 Å². The van der Waals surface area contributed by atoms with Gasteiger partial charge in [-0.3, -0.25) is 4.79 Å². The van der Waals surface area contributed by atoms with Crippen molar-refractivity contribution in [1.29, 1.82) is 0 Å². The molecule has 0 fully saturated rings. The van der Waals surface area contributed by atoms with Gasteiger partial charge in [-0.2, -0.15) is 0 Å². The first-order valence-corrected chi connectivity index (χ1v) is 12.2. The summed E-state index contributed by atoms with van der Waals surface area (Å²) >= 11 is 0. The van der Waals surface area contributed by atoms with E-state index in [4.69, 9.17) is 4.74 Å². The van der Waals surface area contributed by atoms with Crippen LogP contribution in [0.3, 0.4) is 0 Å². The average molecular weight is 493 g/mol. The molecule has 0 bridgehead atoms. The molecule has 37 heavy (non-hydrogen) atoms.